The molecule has 1 amide bonds. The Morgan fingerprint density at radius 1 is 1.29 bits per heavy atom. The molecule has 2 unspecified atom stereocenters. The third-order valence-corrected chi connectivity index (χ3v) is 4.74. The molecule has 1 aromatic carbocycles. The molecule has 0 saturated heterocycles. The molecule has 2 atom stereocenters. The third-order valence-electron chi connectivity index (χ3n) is 3.75. The van der Waals surface area contributed by atoms with Crippen molar-refractivity contribution in [3.63, 3.8) is 0 Å². The number of rotatable bonds is 5. The number of hydrogen-bond donors (Lipinski definition) is 2. The number of nitrogens with one attached hydrogen (secondary N) is 1. The Morgan fingerprint density at radius 2 is 2.10 bits per heavy atom. The van der Waals surface area contributed by atoms with Crippen LogP contribution in [0.3, 0.4) is 0 Å². The second-order valence-corrected chi connectivity index (χ2v) is 6.11. The molecule has 108 valence electrons. The Bertz CT molecular complexity index is 666. The lowest BCUT2D eigenvalue weighted by molar-refractivity contribution is -0.137. The second kappa shape index (κ2) is 5.69. The molecule has 1 aliphatic rings. The van der Waals surface area contributed by atoms with E-state index < -0.39 is 12.0 Å². The number of carboxylic acids is 1. The lowest BCUT2D eigenvalue weighted by atomic mass is 9.77. The first kappa shape index (κ1) is 13.8. The van der Waals surface area contributed by atoms with E-state index in [0.717, 1.165) is 16.9 Å². The molecular formula is C16H15NO3S. The first-order valence-corrected chi connectivity index (χ1v) is 7.66. The van der Waals surface area contributed by atoms with E-state index in [2.05, 4.69) is 5.32 Å². The summed E-state index contributed by atoms with van der Waals surface area (Å²) >= 11 is 1.46. The molecule has 1 heterocycles. The van der Waals surface area contributed by atoms with Crippen LogP contribution in [-0.2, 0) is 16.0 Å². The minimum Gasteiger partial charge on any atom is -0.481 e. The molecule has 1 aromatic heterocycles. The quantitative estimate of drug-likeness (QED) is 0.892. The second-order valence-electron chi connectivity index (χ2n) is 5.13. The molecule has 0 aliphatic heterocycles. The molecule has 1 aliphatic carbocycles. The van der Waals surface area contributed by atoms with Crippen molar-refractivity contribution >= 4 is 23.2 Å². The topological polar surface area (TPSA) is 66.4 Å². The van der Waals surface area contributed by atoms with Crippen LogP contribution >= 0.6 is 11.3 Å². The zero-order valence-corrected chi connectivity index (χ0v) is 12.1. The van der Waals surface area contributed by atoms with Gasteiger partial charge in [-0.3, -0.25) is 9.59 Å². The zero-order chi connectivity index (χ0) is 14.8. The number of thiophene rings is 1. The number of amides is 1. The number of carboxylic acid groups (broad SMARTS) is 1. The van der Waals surface area contributed by atoms with E-state index in [9.17, 15) is 9.59 Å². The van der Waals surface area contributed by atoms with Gasteiger partial charge in [-0.1, -0.05) is 30.3 Å². The monoisotopic (exact) mass is 301 g/mol. The van der Waals surface area contributed by atoms with E-state index in [4.69, 9.17) is 5.11 Å². The van der Waals surface area contributed by atoms with Crippen molar-refractivity contribution < 1.29 is 14.7 Å². The molecule has 2 N–H and O–H groups in total. The van der Waals surface area contributed by atoms with E-state index in [1.165, 1.54) is 16.9 Å². The summed E-state index contributed by atoms with van der Waals surface area (Å²) < 4.78 is 0. The minimum atomic E-state index is -0.914. The van der Waals surface area contributed by atoms with Crippen LogP contribution in [0.25, 0.3) is 0 Å². The molecule has 0 bridgehead atoms. The summed E-state index contributed by atoms with van der Waals surface area (Å²) in [6.07, 6.45) is 0.632. The van der Waals surface area contributed by atoms with Gasteiger partial charge in [0.15, 0.2) is 0 Å². The highest BCUT2D eigenvalue weighted by molar-refractivity contribution is 7.10. The van der Waals surface area contributed by atoms with E-state index in [-0.39, 0.29) is 18.2 Å². The predicted octanol–water partition coefficient (Wildman–Crippen LogP) is 2.72. The van der Waals surface area contributed by atoms with Crippen LogP contribution in [0.4, 0.5) is 0 Å². The van der Waals surface area contributed by atoms with Crippen LogP contribution in [-0.4, -0.2) is 17.0 Å². The summed E-state index contributed by atoms with van der Waals surface area (Å²) in [5.74, 6) is -1.16. The molecule has 3 rings (SSSR count). The van der Waals surface area contributed by atoms with Gasteiger partial charge in [0, 0.05) is 4.88 Å². The number of carbonyl (C=O) groups is 2. The maximum atomic E-state index is 12.4. The highest BCUT2D eigenvalue weighted by atomic mass is 32.1. The van der Waals surface area contributed by atoms with Gasteiger partial charge in [-0.05, 0) is 29.0 Å². The SMILES string of the molecule is O=C(O)CC(NC(=O)C1Cc2ccccc21)c1cccs1. The fourth-order valence-electron chi connectivity index (χ4n) is 2.65. The van der Waals surface area contributed by atoms with Crippen LogP contribution in [0.2, 0.25) is 0 Å². The average molecular weight is 301 g/mol. The highest BCUT2D eigenvalue weighted by Gasteiger charge is 2.33. The lowest BCUT2D eigenvalue weighted by Gasteiger charge is -2.30. The Kier molecular flexibility index (Phi) is 3.75. The van der Waals surface area contributed by atoms with E-state index >= 15 is 0 Å². The number of fused-ring (bicyclic) bond motifs is 1. The van der Waals surface area contributed by atoms with Gasteiger partial charge in [-0.25, -0.2) is 0 Å². The number of carbonyl (C=O) groups excluding carboxylic acids is 1. The summed E-state index contributed by atoms with van der Waals surface area (Å²) in [5.41, 5.74) is 2.25. The summed E-state index contributed by atoms with van der Waals surface area (Å²) in [6.45, 7) is 0. The average Bonchev–Trinajstić information content (AvgIpc) is 2.93. The number of hydrogen-bond acceptors (Lipinski definition) is 3. The van der Waals surface area contributed by atoms with Crippen molar-refractivity contribution in [1.82, 2.24) is 5.32 Å². The van der Waals surface area contributed by atoms with Crippen molar-refractivity contribution in [1.29, 1.82) is 0 Å². The third kappa shape index (κ3) is 2.83. The van der Waals surface area contributed by atoms with Crippen molar-refractivity contribution in [2.75, 3.05) is 0 Å². The fourth-order valence-corrected chi connectivity index (χ4v) is 3.43. The molecule has 4 nitrogen and oxygen atoms in total. The first-order chi connectivity index (χ1) is 10.1. The summed E-state index contributed by atoms with van der Waals surface area (Å²) in [6, 6.07) is 11.1. The molecule has 0 radical (unpaired) electrons. The van der Waals surface area contributed by atoms with Crippen molar-refractivity contribution in [3.8, 4) is 0 Å². The number of aliphatic carboxylic acids is 1. The van der Waals surface area contributed by atoms with Crippen molar-refractivity contribution in [3.05, 3.63) is 57.8 Å². The maximum absolute atomic E-state index is 12.4. The first-order valence-electron chi connectivity index (χ1n) is 6.78. The van der Waals surface area contributed by atoms with Gasteiger partial charge < -0.3 is 10.4 Å². The summed E-state index contributed by atoms with van der Waals surface area (Å²) in [7, 11) is 0. The minimum absolute atomic E-state index is 0.0895. The summed E-state index contributed by atoms with van der Waals surface area (Å²) in [5, 5.41) is 13.8. The van der Waals surface area contributed by atoms with Crippen LogP contribution in [0.1, 0.15) is 34.4 Å². The Hall–Kier alpha value is -2.14. The summed E-state index contributed by atoms with van der Waals surface area (Å²) in [4.78, 5) is 24.2. The van der Waals surface area contributed by atoms with E-state index in [1.807, 2.05) is 41.8 Å². The maximum Gasteiger partial charge on any atom is 0.305 e. The van der Waals surface area contributed by atoms with Gasteiger partial charge in [0.25, 0.3) is 0 Å². The lowest BCUT2D eigenvalue weighted by Crippen LogP contribution is -2.38. The van der Waals surface area contributed by atoms with Crippen LogP contribution in [0.5, 0.6) is 0 Å². The largest absolute Gasteiger partial charge is 0.481 e. The highest BCUT2D eigenvalue weighted by Crippen LogP contribution is 2.35. The number of benzene rings is 1. The molecule has 0 spiro atoms. The predicted molar refractivity (Wildman–Crippen MR) is 80.3 cm³/mol. The normalized spacial score (nSPS) is 17.4. The smallest absolute Gasteiger partial charge is 0.305 e. The Labute approximate surface area is 126 Å². The molecule has 21 heavy (non-hydrogen) atoms. The van der Waals surface area contributed by atoms with Gasteiger partial charge >= 0.3 is 5.97 Å². The van der Waals surface area contributed by atoms with Gasteiger partial charge in [-0.15, -0.1) is 11.3 Å². The van der Waals surface area contributed by atoms with Crippen LogP contribution in [0.15, 0.2) is 41.8 Å². The molecular weight excluding hydrogens is 286 g/mol. The van der Waals surface area contributed by atoms with E-state index in [0.29, 0.717) is 0 Å². The van der Waals surface area contributed by atoms with Gasteiger partial charge in [0.05, 0.1) is 18.4 Å². The Balaban J connectivity index is 1.72. The fraction of sp³-hybridized carbons (Fsp3) is 0.250. The van der Waals surface area contributed by atoms with Crippen LogP contribution in [0, 0.1) is 0 Å². The van der Waals surface area contributed by atoms with Crippen LogP contribution < -0.4 is 5.32 Å². The van der Waals surface area contributed by atoms with Crippen molar-refractivity contribution in [2.24, 2.45) is 0 Å². The van der Waals surface area contributed by atoms with Gasteiger partial charge in [-0.2, -0.15) is 0 Å². The van der Waals surface area contributed by atoms with E-state index in [1.54, 1.807) is 0 Å². The van der Waals surface area contributed by atoms with Crippen molar-refractivity contribution in [2.45, 2.75) is 24.8 Å². The van der Waals surface area contributed by atoms with Gasteiger partial charge in [0.1, 0.15) is 0 Å². The molecule has 0 fully saturated rings. The molecule has 5 heteroatoms. The van der Waals surface area contributed by atoms with Gasteiger partial charge in [0.2, 0.25) is 5.91 Å². The molecule has 0 saturated carbocycles. The zero-order valence-electron chi connectivity index (χ0n) is 11.3. The standard InChI is InChI=1S/C16H15NO3S/c18-15(19)9-13(14-6-3-7-21-14)17-16(20)12-8-10-4-1-2-5-11(10)12/h1-7,12-13H,8-9H2,(H,17,20)(H,18,19). The Morgan fingerprint density at radius 3 is 2.76 bits per heavy atom. The molecule has 2 aromatic rings.